The van der Waals surface area contributed by atoms with E-state index in [1.165, 1.54) is 0 Å². The Morgan fingerprint density at radius 2 is 1.47 bits per heavy atom. The third-order valence-corrected chi connectivity index (χ3v) is 4.95. The molecule has 7 N–H and O–H groups in total. The third-order valence-electron chi connectivity index (χ3n) is 4.95. The van der Waals surface area contributed by atoms with Crippen molar-refractivity contribution in [3.8, 4) is 0 Å². The van der Waals surface area contributed by atoms with E-state index >= 15 is 0 Å². The summed E-state index contributed by atoms with van der Waals surface area (Å²) in [6.45, 7) is 3.61. The van der Waals surface area contributed by atoms with Crippen molar-refractivity contribution < 1.29 is 44.1 Å². The van der Waals surface area contributed by atoms with Crippen LogP contribution in [-0.4, -0.2) is 77.5 Å². The average molecular weight is 490 g/mol. The zero-order valence-electron chi connectivity index (χ0n) is 19.6. The van der Waals surface area contributed by atoms with Crippen LogP contribution in [0.5, 0.6) is 0 Å². The summed E-state index contributed by atoms with van der Waals surface area (Å²) in [5.41, 5.74) is 1.73. The molecule has 0 bridgehead atoms. The van der Waals surface area contributed by atoms with E-state index < -0.39 is 61.1 Å². The molecule has 0 heterocycles. The summed E-state index contributed by atoms with van der Waals surface area (Å²) in [4.78, 5) is 62.8. The molecule has 1 saturated carbocycles. The first-order valence-corrected chi connectivity index (χ1v) is 11.0. The highest BCUT2D eigenvalue weighted by Gasteiger charge is 2.30. The molecule has 1 atom stereocenters. The number of hydrogen-bond donors (Lipinski definition) is 7. The Balaban J connectivity index is 2.60. The van der Waals surface area contributed by atoms with E-state index in [1.54, 1.807) is 20.8 Å². The Kier molecular flexibility index (Phi) is 12.2. The van der Waals surface area contributed by atoms with E-state index in [9.17, 15) is 24.0 Å². The molecule has 0 aromatic rings. The van der Waals surface area contributed by atoms with Crippen LogP contribution in [0.1, 0.15) is 52.9 Å². The highest BCUT2D eigenvalue weighted by atomic mass is 17.2. The Morgan fingerprint density at radius 3 is 2.00 bits per heavy atom. The molecule has 0 aliphatic heterocycles. The number of aliphatic carboxylic acids is 1. The quantitative estimate of drug-likeness (QED) is 0.135. The molecule has 1 aliphatic rings. The molecule has 1 fully saturated rings. The van der Waals surface area contributed by atoms with Gasteiger partial charge >= 0.3 is 12.1 Å². The van der Waals surface area contributed by atoms with E-state index in [-0.39, 0.29) is 12.0 Å². The monoisotopic (exact) mass is 489 g/mol. The number of carboxylic acids is 1. The molecule has 34 heavy (non-hydrogen) atoms. The number of hydrogen-bond acceptors (Lipinski definition) is 9. The van der Waals surface area contributed by atoms with Gasteiger partial charge in [0.2, 0.25) is 17.7 Å². The maximum absolute atomic E-state index is 12.7. The number of ether oxygens (including phenoxy) is 1. The second-order valence-electron chi connectivity index (χ2n) is 9.03. The van der Waals surface area contributed by atoms with Gasteiger partial charge in [-0.15, -0.1) is 4.99 Å². The van der Waals surface area contributed by atoms with Gasteiger partial charge in [0.25, 0.3) is 0 Å². The van der Waals surface area contributed by atoms with Gasteiger partial charge in [0, 0.05) is 6.04 Å². The number of rotatable bonds is 12. The normalized spacial score (nSPS) is 18.8. The first-order chi connectivity index (χ1) is 15.9. The van der Waals surface area contributed by atoms with Crippen molar-refractivity contribution in [1.82, 2.24) is 26.7 Å². The minimum Gasteiger partial charge on any atom is -0.480 e. The van der Waals surface area contributed by atoms with Gasteiger partial charge < -0.3 is 31.1 Å². The minimum atomic E-state index is -1.22. The lowest BCUT2D eigenvalue weighted by atomic mass is 9.82. The van der Waals surface area contributed by atoms with Crippen molar-refractivity contribution >= 4 is 29.8 Å². The van der Waals surface area contributed by atoms with Gasteiger partial charge in [0.15, 0.2) is 0 Å². The molecule has 1 rings (SSSR count). The van der Waals surface area contributed by atoms with Crippen LogP contribution in [0.25, 0.3) is 0 Å². The van der Waals surface area contributed by atoms with Crippen LogP contribution in [0.3, 0.4) is 0 Å². The van der Waals surface area contributed by atoms with Crippen LogP contribution in [0, 0.1) is 5.92 Å². The Labute approximate surface area is 197 Å². The molecule has 194 valence electrons. The van der Waals surface area contributed by atoms with Gasteiger partial charge in [-0.25, -0.2) is 10.1 Å². The van der Waals surface area contributed by atoms with Crippen LogP contribution in [0.2, 0.25) is 0 Å². The second kappa shape index (κ2) is 14.3. The lowest BCUT2D eigenvalue weighted by Gasteiger charge is -2.30. The van der Waals surface area contributed by atoms with Crippen LogP contribution in [0.15, 0.2) is 0 Å². The topological polar surface area (TPSA) is 204 Å². The Bertz CT molecular complexity index is 718. The molecule has 14 heteroatoms. The molecule has 0 aromatic carbocycles. The fraction of sp³-hybridized carbons (Fsp3) is 0.750. The van der Waals surface area contributed by atoms with Crippen LogP contribution < -0.4 is 26.7 Å². The highest BCUT2D eigenvalue weighted by molar-refractivity contribution is 5.91. The molecule has 1 aliphatic carbocycles. The first kappa shape index (κ1) is 29.1. The number of hydroxylamine groups is 1. The molecule has 4 amide bonds. The lowest BCUT2D eigenvalue weighted by molar-refractivity contribution is -0.301. The Hall–Kier alpha value is -2.97. The van der Waals surface area contributed by atoms with Crippen LogP contribution in [0.4, 0.5) is 4.79 Å². The fourth-order valence-corrected chi connectivity index (χ4v) is 3.37. The van der Waals surface area contributed by atoms with Gasteiger partial charge in [-0.05, 0) is 58.8 Å². The summed E-state index contributed by atoms with van der Waals surface area (Å²) in [7, 11) is 0. The van der Waals surface area contributed by atoms with Crippen molar-refractivity contribution in [1.29, 1.82) is 0 Å². The zero-order valence-corrected chi connectivity index (χ0v) is 19.6. The SMILES string of the molecule is CC(C)(C)OC(=O)NC(CC1CCC(NOO)CC1)C(=O)NCC(=O)NCC(=O)NCC(=O)O. The number of alkyl carbamates (subject to hydrolysis) is 1. The predicted octanol–water partition coefficient (Wildman–Crippen LogP) is -0.744. The minimum absolute atomic E-state index is 0.0104. The predicted molar refractivity (Wildman–Crippen MR) is 117 cm³/mol. The van der Waals surface area contributed by atoms with Crippen LogP contribution in [-0.2, 0) is 28.9 Å². The van der Waals surface area contributed by atoms with Gasteiger partial charge in [0.05, 0.1) is 13.1 Å². The zero-order chi connectivity index (χ0) is 25.7. The van der Waals surface area contributed by atoms with Crippen molar-refractivity contribution in [3.05, 3.63) is 0 Å². The lowest BCUT2D eigenvalue weighted by Crippen LogP contribution is -2.51. The first-order valence-electron chi connectivity index (χ1n) is 11.0. The number of carbonyl (C=O) groups is 5. The molecule has 1 unspecified atom stereocenters. The van der Waals surface area contributed by atoms with Gasteiger partial charge in [-0.3, -0.25) is 19.2 Å². The van der Waals surface area contributed by atoms with Gasteiger partial charge in [-0.2, -0.15) is 5.48 Å². The summed E-state index contributed by atoms with van der Waals surface area (Å²) in [6, 6.07) is -0.964. The van der Waals surface area contributed by atoms with Crippen molar-refractivity contribution in [2.45, 2.75) is 70.6 Å². The summed E-state index contributed by atoms with van der Waals surface area (Å²) >= 11 is 0. The largest absolute Gasteiger partial charge is 0.480 e. The van der Waals surface area contributed by atoms with Crippen LogP contribution >= 0.6 is 0 Å². The molecule has 0 radical (unpaired) electrons. The smallest absolute Gasteiger partial charge is 0.408 e. The van der Waals surface area contributed by atoms with Gasteiger partial charge in [0.1, 0.15) is 18.2 Å². The number of carbonyl (C=O) groups excluding carboxylic acids is 4. The molecule has 14 nitrogen and oxygen atoms in total. The summed E-state index contributed by atoms with van der Waals surface area (Å²) in [5.74, 6) is -3.06. The van der Waals surface area contributed by atoms with E-state index in [1.807, 2.05) is 0 Å². The van der Waals surface area contributed by atoms with Gasteiger partial charge in [-0.1, -0.05) is 0 Å². The third kappa shape index (κ3) is 12.9. The molecular weight excluding hydrogens is 454 g/mol. The van der Waals surface area contributed by atoms with Crippen molar-refractivity contribution in [2.75, 3.05) is 19.6 Å². The van der Waals surface area contributed by atoms with Crippen molar-refractivity contribution in [3.63, 3.8) is 0 Å². The summed E-state index contributed by atoms with van der Waals surface area (Å²) in [5, 5.41) is 26.4. The molecular formula is C20H35N5O9. The number of carboxylic acid groups (broad SMARTS) is 1. The fourth-order valence-electron chi connectivity index (χ4n) is 3.37. The second-order valence-corrected chi connectivity index (χ2v) is 9.03. The van der Waals surface area contributed by atoms with E-state index in [2.05, 4.69) is 31.7 Å². The summed E-state index contributed by atoms with van der Waals surface area (Å²) in [6.07, 6.45) is 2.42. The standard InChI is InChI=1S/C20H35N5O9/c1-20(2,3)33-19(31)24-14(8-12-4-6-13(7-5-12)25-34-32)18(30)23-10-16(27)21-9-15(26)22-11-17(28)29/h12-14,25,32H,4-11H2,1-3H3,(H,21,27)(H,22,26)(H,23,30)(H,24,31)(H,28,29). The average Bonchev–Trinajstić information content (AvgIpc) is 2.74. The maximum Gasteiger partial charge on any atom is 0.408 e. The molecule has 0 saturated heterocycles. The molecule has 0 aromatic heterocycles. The van der Waals surface area contributed by atoms with E-state index in [4.69, 9.17) is 15.1 Å². The maximum atomic E-state index is 12.7. The number of nitrogens with one attached hydrogen (secondary N) is 5. The van der Waals surface area contributed by atoms with E-state index in [0.29, 0.717) is 19.3 Å². The van der Waals surface area contributed by atoms with Crippen molar-refractivity contribution in [2.24, 2.45) is 5.92 Å². The number of amides is 4. The highest BCUT2D eigenvalue weighted by Crippen LogP contribution is 2.28. The molecule has 0 spiro atoms. The summed E-state index contributed by atoms with van der Waals surface area (Å²) < 4.78 is 5.24. The van der Waals surface area contributed by atoms with E-state index in [0.717, 1.165) is 12.8 Å². The Morgan fingerprint density at radius 1 is 0.912 bits per heavy atom.